The van der Waals surface area contributed by atoms with Crippen LogP contribution in [0.25, 0.3) is 0 Å². The fourth-order valence-corrected chi connectivity index (χ4v) is 3.53. The lowest BCUT2D eigenvalue weighted by atomic mass is 10.1. The predicted molar refractivity (Wildman–Crippen MR) is 93.3 cm³/mol. The highest BCUT2D eigenvalue weighted by atomic mass is 32.2. The fourth-order valence-electron chi connectivity index (χ4n) is 2.46. The number of hydrogen-bond acceptors (Lipinski definition) is 7. The molecule has 0 unspecified atom stereocenters. The number of aromatic nitrogens is 2. The topological polar surface area (TPSA) is 107 Å². The molecule has 0 saturated carbocycles. The van der Waals surface area contributed by atoms with Crippen LogP contribution in [0.2, 0.25) is 0 Å². The molecule has 4 N–H and O–H groups in total. The van der Waals surface area contributed by atoms with Gasteiger partial charge in [-0.15, -0.1) is 0 Å². The van der Waals surface area contributed by atoms with E-state index in [1.807, 2.05) is 35.2 Å². The first-order valence-corrected chi connectivity index (χ1v) is 8.49. The fraction of sp³-hybridized carbons (Fsp3) is 0.312. The van der Waals surface area contributed by atoms with Gasteiger partial charge in [0.05, 0.1) is 13.2 Å². The molecule has 2 heterocycles. The van der Waals surface area contributed by atoms with E-state index in [0.29, 0.717) is 31.5 Å². The van der Waals surface area contributed by atoms with Crippen molar-refractivity contribution in [3.63, 3.8) is 0 Å². The van der Waals surface area contributed by atoms with E-state index in [4.69, 9.17) is 16.2 Å². The van der Waals surface area contributed by atoms with Gasteiger partial charge in [0.2, 0.25) is 5.91 Å². The summed E-state index contributed by atoms with van der Waals surface area (Å²) in [5, 5.41) is -0.0616. The van der Waals surface area contributed by atoms with Crippen LogP contribution in [0.3, 0.4) is 0 Å². The first kappa shape index (κ1) is 16.5. The summed E-state index contributed by atoms with van der Waals surface area (Å²) in [4.78, 5) is 23.2. The third-order valence-corrected chi connectivity index (χ3v) is 4.72. The zero-order valence-corrected chi connectivity index (χ0v) is 13.9. The van der Waals surface area contributed by atoms with Gasteiger partial charge in [-0.3, -0.25) is 4.79 Å². The number of amides is 1. The SMILES string of the molecule is Nc1cc(N)nc(S[C@@H](C(=O)N2CCOCC2)c2ccccc2)n1. The zero-order chi connectivity index (χ0) is 16.9. The Bertz CT molecular complexity index is 687. The maximum atomic E-state index is 13.0. The molecule has 1 aliphatic heterocycles. The molecule has 0 bridgehead atoms. The Morgan fingerprint density at radius 1 is 1.12 bits per heavy atom. The molecule has 0 radical (unpaired) electrons. The Morgan fingerprint density at radius 2 is 1.75 bits per heavy atom. The number of benzene rings is 1. The maximum Gasteiger partial charge on any atom is 0.240 e. The lowest BCUT2D eigenvalue weighted by Crippen LogP contribution is -2.42. The minimum atomic E-state index is -0.453. The molecule has 0 spiro atoms. The molecule has 2 aromatic rings. The third kappa shape index (κ3) is 3.95. The van der Waals surface area contributed by atoms with Crippen molar-refractivity contribution in [1.29, 1.82) is 0 Å². The van der Waals surface area contributed by atoms with Crippen molar-refractivity contribution < 1.29 is 9.53 Å². The van der Waals surface area contributed by atoms with Crippen LogP contribution in [-0.2, 0) is 9.53 Å². The van der Waals surface area contributed by atoms with Crippen LogP contribution >= 0.6 is 11.8 Å². The number of hydrogen-bond donors (Lipinski definition) is 2. The molecule has 1 atom stereocenters. The highest BCUT2D eigenvalue weighted by Crippen LogP contribution is 2.35. The minimum absolute atomic E-state index is 0.0131. The molecule has 1 saturated heterocycles. The number of thioether (sulfide) groups is 1. The maximum absolute atomic E-state index is 13.0. The Kier molecular flexibility index (Phi) is 5.17. The van der Waals surface area contributed by atoms with Crippen LogP contribution in [0.1, 0.15) is 10.8 Å². The third-order valence-electron chi connectivity index (χ3n) is 3.62. The second-order valence-electron chi connectivity index (χ2n) is 5.35. The molecule has 1 amide bonds. The van der Waals surface area contributed by atoms with Crippen molar-refractivity contribution in [2.75, 3.05) is 37.8 Å². The molecule has 1 aromatic heterocycles. The smallest absolute Gasteiger partial charge is 0.240 e. The lowest BCUT2D eigenvalue weighted by molar-refractivity contribution is -0.134. The van der Waals surface area contributed by atoms with Crippen molar-refractivity contribution in [3.05, 3.63) is 42.0 Å². The van der Waals surface area contributed by atoms with E-state index in [-0.39, 0.29) is 17.5 Å². The summed E-state index contributed by atoms with van der Waals surface area (Å²) in [5.74, 6) is 0.588. The van der Waals surface area contributed by atoms with Gasteiger partial charge < -0.3 is 21.1 Å². The summed E-state index contributed by atoms with van der Waals surface area (Å²) in [5.41, 5.74) is 12.4. The molecule has 24 heavy (non-hydrogen) atoms. The van der Waals surface area contributed by atoms with Gasteiger partial charge in [0.1, 0.15) is 16.9 Å². The van der Waals surface area contributed by atoms with Crippen LogP contribution < -0.4 is 11.5 Å². The second kappa shape index (κ2) is 7.50. The number of carbonyl (C=O) groups excluding carboxylic acids is 1. The van der Waals surface area contributed by atoms with Gasteiger partial charge >= 0.3 is 0 Å². The number of ether oxygens (including phenoxy) is 1. The molecular formula is C16H19N5O2S. The Morgan fingerprint density at radius 3 is 2.38 bits per heavy atom. The Balaban J connectivity index is 1.88. The van der Waals surface area contributed by atoms with Crippen molar-refractivity contribution in [2.24, 2.45) is 0 Å². The average molecular weight is 345 g/mol. The molecule has 7 nitrogen and oxygen atoms in total. The molecule has 0 aliphatic carbocycles. The molecule has 1 aliphatic rings. The van der Waals surface area contributed by atoms with E-state index in [0.717, 1.165) is 5.56 Å². The van der Waals surface area contributed by atoms with Crippen LogP contribution in [0.15, 0.2) is 41.6 Å². The molecule has 1 fully saturated rings. The van der Waals surface area contributed by atoms with Gasteiger partial charge in [0.15, 0.2) is 5.16 Å². The van der Waals surface area contributed by atoms with Crippen LogP contribution in [0.5, 0.6) is 0 Å². The highest BCUT2D eigenvalue weighted by molar-refractivity contribution is 8.00. The predicted octanol–water partition coefficient (Wildman–Crippen LogP) is 1.33. The van der Waals surface area contributed by atoms with Crippen molar-refractivity contribution >= 4 is 29.3 Å². The standard InChI is InChI=1S/C16H19N5O2S/c17-12-10-13(18)20-16(19-12)24-14(11-4-2-1-3-5-11)15(22)21-6-8-23-9-7-21/h1-5,10,14H,6-9H2,(H4,17,18,19,20)/t14-/m1/s1. The Hall–Kier alpha value is -2.32. The van der Waals surface area contributed by atoms with E-state index in [1.54, 1.807) is 0 Å². The number of nitrogen functional groups attached to an aromatic ring is 2. The number of rotatable bonds is 4. The largest absolute Gasteiger partial charge is 0.383 e. The molecule has 3 rings (SSSR count). The number of morpholine rings is 1. The van der Waals surface area contributed by atoms with E-state index >= 15 is 0 Å². The van der Waals surface area contributed by atoms with Gasteiger partial charge in [-0.1, -0.05) is 42.1 Å². The van der Waals surface area contributed by atoms with Gasteiger partial charge in [-0.25, -0.2) is 9.97 Å². The van der Waals surface area contributed by atoms with Crippen LogP contribution in [-0.4, -0.2) is 47.1 Å². The summed E-state index contributed by atoms with van der Waals surface area (Å²) in [6.07, 6.45) is 0. The number of nitrogens with two attached hydrogens (primary N) is 2. The van der Waals surface area contributed by atoms with Gasteiger partial charge in [-0.05, 0) is 5.56 Å². The summed E-state index contributed by atoms with van der Waals surface area (Å²) in [6, 6.07) is 11.1. The van der Waals surface area contributed by atoms with Gasteiger partial charge in [0.25, 0.3) is 0 Å². The monoisotopic (exact) mass is 345 g/mol. The van der Waals surface area contributed by atoms with Crippen molar-refractivity contribution in [2.45, 2.75) is 10.4 Å². The summed E-state index contributed by atoms with van der Waals surface area (Å²) in [6.45, 7) is 2.28. The van der Waals surface area contributed by atoms with E-state index in [1.165, 1.54) is 17.8 Å². The minimum Gasteiger partial charge on any atom is -0.383 e. The van der Waals surface area contributed by atoms with Crippen molar-refractivity contribution in [3.8, 4) is 0 Å². The van der Waals surface area contributed by atoms with Crippen molar-refractivity contribution in [1.82, 2.24) is 14.9 Å². The Labute approximate surface area is 144 Å². The van der Waals surface area contributed by atoms with Crippen LogP contribution in [0, 0.1) is 0 Å². The van der Waals surface area contributed by atoms with Crippen LogP contribution in [0.4, 0.5) is 11.6 Å². The number of nitrogens with zero attached hydrogens (tertiary/aromatic N) is 3. The summed E-state index contributed by atoms with van der Waals surface area (Å²) in [7, 11) is 0. The number of carbonyl (C=O) groups is 1. The van der Waals surface area contributed by atoms with E-state index in [2.05, 4.69) is 9.97 Å². The number of anilines is 2. The quantitative estimate of drug-likeness (QED) is 0.636. The first-order valence-electron chi connectivity index (χ1n) is 7.61. The van der Waals surface area contributed by atoms with Gasteiger partial charge in [-0.2, -0.15) is 0 Å². The molecule has 126 valence electrons. The van der Waals surface area contributed by atoms with E-state index < -0.39 is 5.25 Å². The zero-order valence-electron chi connectivity index (χ0n) is 13.1. The molecular weight excluding hydrogens is 326 g/mol. The summed E-state index contributed by atoms with van der Waals surface area (Å²) < 4.78 is 5.33. The normalized spacial score (nSPS) is 15.9. The highest BCUT2D eigenvalue weighted by Gasteiger charge is 2.29. The molecule has 1 aromatic carbocycles. The molecule has 8 heteroatoms. The lowest BCUT2D eigenvalue weighted by Gasteiger charge is -2.30. The summed E-state index contributed by atoms with van der Waals surface area (Å²) >= 11 is 1.26. The second-order valence-corrected chi connectivity index (χ2v) is 6.42. The first-order chi connectivity index (χ1) is 11.6. The van der Waals surface area contributed by atoms with Gasteiger partial charge in [0, 0.05) is 19.2 Å². The van der Waals surface area contributed by atoms with E-state index in [9.17, 15) is 4.79 Å². The average Bonchev–Trinajstić information content (AvgIpc) is 2.60.